The zero-order valence-corrected chi connectivity index (χ0v) is 13.3. The summed E-state index contributed by atoms with van der Waals surface area (Å²) in [4.78, 5) is 14.2. The van der Waals surface area contributed by atoms with Gasteiger partial charge in [-0.05, 0) is 30.5 Å². The van der Waals surface area contributed by atoms with Gasteiger partial charge in [0, 0.05) is 18.2 Å². The van der Waals surface area contributed by atoms with Gasteiger partial charge in [-0.3, -0.25) is 15.6 Å². The molecule has 23 heavy (non-hydrogen) atoms. The van der Waals surface area contributed by atoms with Gasteiger partial charge in [-0.1, -0.05) is 19.9 Å². The van der Waals surface area contributed by atoms with Gasteiger partial charge in [-0.2, -0.15) is 10.4 Å². The van der Waals surface area contributed by atoms with Crippen LogP contribution in [0.2, 0.25) is 0 Å². The van der Waals surface area contributed by atoms with E-state index in [4.69, 9.17) is 16.4 Å². The van der Waals surface area contributed by atoms with Gasteiger partial charge in [0.05, 0.1) is 5.69 Å². The summed E-state index contributed by atoms with van der Waals surface area (Å²) in [6.45, 7) is 4.47. The van der Waals surface area contributed by atoms with E-state index >= 15 is 0 Å². The minimum Gasteiger partial charge on any atom is -0.382 e. The maximum atomic E-state index is 12.4. The van der Waals surface area contributed by atoms with Crippen LogP contribution >= 0.6 is 0 Å². The maximum Gasteiger partial charge on any atom is 0.229 e. The van der Waals surface area contributed by atoms with Crippen LogP contribution < -0.4 is 16.1 Å². The fourth-order valence-corrected chi connectivity index (χ4v) is 2.45. The monoisotopic (exact) mass is 312 g/mol. The molecule has 120 valence electrons. The Labute approximate surface area is 135 Å². The number of carbonyl (C=O) groups excluding carboxylic acids is 1. The normalized spacial score (nSPS) is 14.2. The van der Waals surface area contributed by atoms with Crippen molar-refractivity contribution in [2.45, 2.75) is 26.7 Å². The fourth-order valence-electron chi connectivity index (χ4n) is 2.45. The lowest BCUT2D eigenvalue weighted by Gasteiger charge is -2.31. The van der Waals surface area contributed by atoms with Gasteiger partial charge < -0.3 is 10.6 Å². The number of carbonyl (C=O) groups is 1. The van der Waals surface area contributed by atoms with Crippen LogP contribution in [0.5, 0.6) is 0 Å². The van der Waals surface area contributed by atoms with Gasteiger partial charge in [0.25, 0.3) is 0 Å². The van der Waals surface area contributed by atoms with E-state index in [9.17, 15) is 4.79 Å². The Hall–Kier alpha value is -2.88. The molecule has 1 heterocycles. The van der Waals surface area contributed by atoms with Crippen LogP contribution in [0.3, 0.4) is 0 Å². The molecule has 0 unspecified atom stereocenters. The van der Waals surface area contributed by atoms with Crippen molar-refractivity contribution in [1.82, 2.24) is 0 Å². The molecule has 1 aliphatic heterocycles. The number of hydrazone groups is 1. The number of fused-ring (bicyclic) bond motifs is 1. The van der Waals surface area contributed by atoms with Crippen molar-refractivity contribution < 1.29 is 4.79 Å². The van der Waals surface area contributed by atoms with E-state index in [1.54, 1.807) is 11.0 Å². The second-order valence-electron chi connectivity index (χ2n) is 5.69. The zero-order chi connectivity index (χ0) is 17.0. The lowest BCUT2D eigenvalue weighted by Crippen LogP contribution is -2.38. The molecule has 7 nitrogen and oxygen atoms in total. The highest BCUT2D eigenvalue weighted by Gasteiger charge is 2.24. The Morgan fingerprint density at radius 1 is 1.52 bits per heavy atom. The molecule has 1 amide bonds. The van der Waals surface area contributed by atoms with E-state index in [2.05, 4.69) is 10.5 Å². The average Bonchev–Trinajstić information content (AvgIpc) is 2.53. The molecule has 1 aromatic carbocycles. The first-order valence-electron chi connectivity index (χ1n) is 7.46. The van der Waals surface area contributed by atoms with Crippen molar-refractivity contribution in [2.24, 2.45) is 16.8 Å². The topological polar surface area (TPSA) is 118 Å². The summed E-state index contributed by atoms with van der Waals surface area (Å²) in [6.07, 6.45) is 1.87. The average molecular weight is 312 g/mol. The highest BCUT2D eigenvalue weighted by Crippen LogP contribution is 2.31. The number of rotatable bonds is 4. The van der Waals surface area contributed by atoms with Crippen molar-refractivity contribution in [3.05, 3.63) is 23.8 Å². The second kappa shape index (κ2) is 6.92. The summed E-state index contributed by atoms with van der Waals surface area (Å²) in [7, 11) is 0. The smallest absolute Gasteiger partial charge is 0.229 e. The number of nitrogens with two attached hydrogens (primary N) is 1. The van der Waals surface area contributed by atoms with Crippen LogP contribution in [-0.2, 0) is 11.2 Å². The quantitative estimate of drug-likeness (QED) is 0.446. The van der Waals surface area contributed by atoms with Crippen molar-refractivity contribution >= 4 is 28.8 Å². The van der Waals surface area contributed by atoms with E-state index in [0.717, 1.165) is 24.1 Å². The fraction of sp³-hybridized carbons (Fsp3) is 0.375. The largest absolute Gasteiger partial charge is 0.382 e. The predicted molar refractivity (Wildman–Crippen MR) is 90.5 cm³/mol. The molecule has 0 aliphatic carbocycles. The summed E-state index contributed by atoms with van der Waals surface area (Å²) in [6, 6.07) is 7.38. The van der Waals surface area contributed by atoms with Crippen molar-refractivity contribution in [2.75, 3.05) is 16.9 Å². The minimum absolute atomic E-state index is 0.0708. The number of benzene rings is 1. The van der Waals surface area contributed by atoms with E-state index in [1.807, 2.05) is 32.0 Å². The molecule has 0 aromatic heterocycles. The van der Waals surface area contributed by atoms with E-state index in [-0.39, 0.29) is 17.5 Å². The lowest BCUT2D eigenvalue weighted by molar-refractivity contribution is -0.121. The number of hydrogen-bond acceptors (Lipinski definition) is 5. The molecule has 0 atom stereocenters. The lowest BCUT2D eigenvalue weighted by atomic mass is 9.99. The SMILES string of the molecule is CC(C)C(=O)N1CCCc2ccc(N/N=C(\C#N)C(=N)N)cc21. The maximum absolute atomic E-state index is 12.4. The molecule has 0 saturated carbocycles. The van der Waals surface area contributed by atoms with Gasteiger partial charge in [0.15, 0.2) is 5.84 Å². The summed E-state index contributed by atoms with van der Waals surface area (Å²) >= 11 is 0. The highest BCUT2D eigenvalue weighted by atomic mass is 16.2. The molecule has 2 rings (SSSR count). The number of hydrogen-bond donors (Lipinski definition) is 3. The molecule has 0 spiro atoms. The minimum atomic E-state index is -0.394. The number of nitrogens with one attached hydrogen (secondary N) is 2. The van der Waals surface area contributed by atoms with Crippen molar-refractivity contribution in [3.63, 3.8) is 0 Å². The summed E-state index contributed by atoms with van der Waals surface area (Å²) in [5.74, 6) is -0.374. The summed E-state index contributed by atoms with van der Waals surface area (Å²) in [5, 5.41) is 19.9. The number of amidine groups is 1. The summed E-state index contributed by atoms with van der Waals surface area (Å²) < 4.78 is 0. The number of nitrogens with zero attached hydrogens (tertiary/aromatic N) is 3. The van der Waals surface area contributed by atoms with Gasteiger partial charge in [0.2, 0.25) is 11.6 Å². The van der Waals surface area contributed by atoms with Crippen LogP contribution in [0.15, 0.2) is 23.3 Å². The summed E-state index contributed by atoms with van der Waals surface area (Å²) in [5.41, 5.74) is 10.4. The highest BCUT2D eigenvalue weighted by molar-refractivity contribution is 6.45. The van der Waals surface area contributed by atoms with Gasteiger partial charge in [-0.25, -0.2) is 0 Å². The molecule has 1 aromatic rings. The standard InChI is InChI=1S/C16H20N6O/c1-10(2)16(23)22-7-3-4-11-5-6-12(8-14(11)22)20-21-13(9-17)15(18)19/h5-6,8,10,20H,3-4,7H2,1-2H3,(H3,18,19)/b21-13+. The van der Waals surface area contributed by atoms with Crippen LogP contribution in [0.25, 0.3) is 0 Å². The van der Waals surface area contributed by atoms with E-state index < -0.39 is 5.84 Å². The van der Waals surface area contributed by atoms with Gasteiger partial charge in [0.1, 0.15) is 6.07 Å². The first-order valence-corrected chi connectivity index (χ1v) is 7.46. The Bertz CT molecular complexity index is 701. The van der Waals surface area contributed by atoms with E-state index in [0.29, 0.717) is 12.2 Å². The molecule has 7 heteroatoms. The molecule has 4 N–H and O–H groups in total. The number of aryl methyl sites for hydroxylation is 1. The zero-order valence-electron chi connectivity index (χ0n) is 13.3. The molecule has 0 radical (unpaired) electrons. The van der Waals surface area contributed by atoms with Crippen molar-refractivity contribution in [1.29, 1.82) is 10.7 Å². The second-order valence-corrected chi connectivity index (χ2v) is 5.69. The van der Waals surface area contributed by atoms with E-state index in [1.165, 1.54) is 0 Å². The Morgan fingerprint density at radius 2 is 2.26 bits per heavy atom. The molecular formula is C16H20N6O. The number of amides is 1. The number of nitriles is 1. The molecule has 0 saturated heterocycles. The van der Waals surface area contributed by atoms with Crippen LogP contribution in [0.1, 0.15) is 25.8 Å². The van der Waals surface area contributed by atoms with Gasteiger partial charge >= 0.3 is 0 Å². The van der Waals surface area contributed by atoms with Crippen molar-refractivity contribution in [3.8, 4) is 6.07 Å². The third kappa shape index (κ3) is 3.66. The number of anilines is 2. The van der Waals surface area contributed by atoms with Crippen LogP contribution in [0, 0.1) is 22.7 Å². The third-order valence-electron chi connectivity index (χ3n) is 3.62. The molecule has 1 aliphatic rings. The molecule has 0 fully saturated rings. The Morgan fingerprint density at radius 3 is 2.87 bits per heavy atom. The van der Waals surface area contributed by atoms with Crippen LogP contribution in [-0.4, -0.2) is 24.0 Å². The Balaban J connectivity index is 2.30. The third-order valence-corrected chi connectivity index (χ3v) is 3.62. The Kier molecular flexibility index (Phi) is 4.96. The first kappa shape index (κ1) is 16.5. The van der Waals surface area contributed by atoms with Crippen LogP contribution in [0.4, 0.5) is 11.4 Å². The van der Waals surface area contributed by atoms with Gasteiger partial charge in [-0.15, -0.1) is 0 Å². The molecule has 0 bridgehead atoms. The first-order chi connectivity index (χ1) is 10.9. The molecular weight excluding hydrogens is 292 g/mol. The predicted octanol–water partition coefficient (Wildman–Crippen LogP) is 1.85.